The lowest BCUT2D eigenvalue weighted by atomic mass is 10.1. The summed E-state index contributed by atoms with van der Waals surface area (Å²) >= 11 is 0. The summed E-state index contributed by atoms with van der Waals surface area (Å²) in [5.41, 5.74) is 4.04. The third-order valence-electron chi connectivity index (χ3n) is 3.37. The lowest BCUT2D eigenvalue weighted by Crippen LogP contribution is -2.01. The van der Waals surface area contributed by atoms with E-state index in [0.717, 1.165) is 47.7 Å². The lowest BCUT2D eigenvalue weighted by molar-refractivity contribution is 0.317. The van der Waals surface area contributed by atoms with Crippen molar-refractivity contribution in [1.29, 1.82) is 0 Å². The zero-order valence-corrected chi connectivity index (χ0v) is 12.9. The number of phenols is 1. The van der Waals surface area contributed by atoms with E-state index in [1.54, 1.807) is 0 Å². The van der Waals surface area contributed by atoms with Gasteiger partial charge in [-0.25, -0.2) is 0 Å². The summed E-state index contributed by atoms with van der Waals surface area (Å²) in [7, 11) is 0. The fourth-order valence-electron chi connectivity index (χ4n) is 2.24. The van der Waals surface area contributed by atoms with E-state index < -0.39 is 0 Å². The van der Waals surface area contributed by atoms with Crippen molar-refractivity contribution in [2.45, 2.75) is 33.7 Å². The van der Waals surface area contributed by atoms with Crippen molar-refractivity contribution in [1.82, 2.24) is 0 Å². The van der Waals surface area contributed by atoms with Crippen LogP contribution in [0.2, 0.25) is 0 Å². The maximum Gasteiger partial charge on any atom is 0.121 e. The lowest BCUT2D eigenvalue weighted by Gasteiger charge is -2.11. The van der Waals surface area contributed by atoms with Gasteiger partial charge in [-0.2, -0.15) is 0 Å². The van der Waals surface area contributed by atoms with E-state index in [2.05, 4.69) is 12.2 Å². The van der Waals surface area contributed by atoms with Crippen LogP contribution < -0.4 is 10.1 Å². The summed E-state index contributed by atoms with van der Waals surface area (Å²) in [6.07, 6.45) is 1.01. The number of anilines is 1. The number of phenolic OH excluding ortho intramolecular Hbond substituents is 1. The van der Waals surface area contributed by atoms with Crippen molar-refractivity contribution in [3.63, 3.8) is 0 Å². The third-order valence-corrected chi connectivity index (χ3v) is 3.37. The predicted molar refractivity (Wildman–Crippen MR) is 87.1 cm³/mol. The molecule has 0 aliphatic heterocycles. The Morgan fingerprint density at radius 3 is 2.24 bits per heavy atom. The molecule has 0 amide bonds. The minimum Gasteiger partial charge on any atom is -0.507 e. The van der Waals surface area contributed by atoms with Gasteiger partial charge in [0.15, 0.2) is 0 Å². The van der Waals surface area contributed by atoms with Gasteiger partial charge in [-0.15, -0.1) is 0 Å². The monoisotopic (exact) mass is 285 g/mol. The van der Waals surface area contributed by atoms with Gasteiger partial charge in [0.2, 0.25) is 0 Å². The molecule has 21 heavy (non-hydrogen) atoms. The van der Waals surface area contributed by atoms with Crippen LogP contribution >= 0.6 is 0 Å². The van der Waals surface area contributed by atoms with Crippen LogP contribution in [0.1, 0.15) is 30.0 Å². The van der Waals surface area contributed by atoms with Gasteiger partial charge in [0.25, 0.3) is 0 Å². The average molecular weight is 285 g/mol. The molecule has 2 aromatic carbocycles. The Hall–Kier alpha value is -2.16. The standard InChI is InChI=1S/C18H23NO2/c1-4-9-21-17-7-5-16(6-8-17)19-12-15-10-13(2)18(20)14(3)11-15/h5-8,10-11,19-20H,4,9,12H2,1-3H3. The molecular weight excluding hydrogens is 262 g/mol. The number of rotatable bonds is 6. The van der Waals surface area contributed by atoms with Crippen LogP contribution in [0.25, 0.3) is 0 Å². The summed E-state index contributed by atoms with van der Waals surface area (Å²) < 4.78 is 5.56. The van der Waals surface area contributed by atoms with Gasteiger partial charge in [0, 0.05) is 12.2 Å². The van der Waals surface area contributed by atoms with Crippen molar-refractivity contribution >= 4 is 5.69 Å². The molecule has 0 aliphatic carbocycles. The maximum absolute atomic E-state index is 9.78. The van der Waals surface area contributed by atoms with E-state index in [1.807, 2.05) is 50.2 Å². The molecular formula is C18H23NO2. The fraction of sp³-hybridized carbons (Fsp3) is 0.333. The van der Waals surface area contributed by atoms with Crippen LogP contribution in [0.15, 0.2) is 36.4 Å². The van der Waals surface area contributed by atoms with Crippen molar-refractivity contribution in [2.75, 3.05) is 11.9 Å². The van der Waals surface area contributed by atoms with Gasteiger partial charge in [-0.1, -0.05) is 19.1 Å². The largest absolute Gasteiger partial charge is 0.507 e. The number of nitrogens with one attached hydrogen (secondary N) is 1. The minimum absolute atomic E-state index is 0.385. The molecule has 0 fully saturated rings. The Morgan fingerprint density at radius 1 is 1.05 bits per heavy atom. The molecule has 2 N–H and O–H groups in total. The molecule has 3 heteroatoms. The van der Waals surface area contributed by atoms with Crippen LogP contribution in [-0.2, 0) is 6.54 Å². The molecule has 2 aromatic rings. The maximum atomic E-state index is 9.78. The SMILES string of the molecule is CCCOc1ccc(NCc2cc(C)c(O)c(C)c2)cc1. The van der Waals surface area contributed by atoms with Gasteiger partial charge in [-0.05, 0) is 61.2 Å². The van der Waals surface area contributed by atoms with E-state index in [1.165, 1.54) is 0 Å². The number of hydrogen-bond acceptors (Lipinski definition) is 3. The van der Waals surface area contributed by atoms with E-state index in [9.17, 15) is 5.11 Å². The average Bonchev–Trinajstić information content (AvgIpc) is 2.49. The van der Waals surface area contributed by atoms with Gasteiger partial charge >= 0.3 is 0 Å². The molecule has 3 nitrogen and oxygen atoms in total. The molecule has 0 bridgehead atoms. The number of hydrogen-bond donors (Lipinski definition) is 2. The highest BCUT2D eigenvalue weighted by Crippen LogP contribution is 2.23. The zero-order chi connectivity index (χ0) is 15.2. The van der Waals surface area contributed by atoms with Crippen molar-refractivity contribution < 1.29 is 9.84 Å². The first-order valence-electron chi connectivity index (χ1n) is 7.36. The summed E-state index contributed by atoms with van der Waals surface area (Å²) in [4.78, 5) is 0. The summed E-state index contributed by atoms with van der Waals surface area (Å²) in [6, 6.07) is 12.0. The molecule has 0 saturated carbocycles. The molecule has 0 spiro atoms. The summed E-state index contributed by atoms with van der Waals surface area (Å²) in [5, 5.41) is 13.2. The number of aryl methyl sites for hydroxylation is 2. The van der Waals surface area contributed by atoms with Gasteiger partial charge in [-0.3, -0.25) is 0 Å². The second-order valence-electron chi connectivity index (χ2n) is 5.30. The third kappa shape index (κ3) is 4.15. The van der Waals surface area contributed by atoms with Crippen LogP contribution in [0, 0.1) is 13.8 Å². The van der Waals surface area contributed by atoms with E-state index in [0.29, 0.717) is 5.75 Å². The first kappa shape index (κ1) is 15.2. The molecule has 0 unspecified atom stereocenters. The van der Waals surface area contributed by atoms with Crippen molar-refractivity contribution in [3.8, 4) is 11.5 Å². The molecule has 0 heterocycles. The van der Waals surface area contributed by atoms with E-state index in [-0.39, 0.29) is 0 Å². The topological polar surface area (TPSA) is 41.5 Å². The van der Waals surface area contributed by atoms with E-state index in [4.69, 9.17) is 4.74 Å². The van der Waals surface area contributed by atoms with Crippen LogP contribution in [0.3, 0.4) is 0 Å². The highest BCUT2D eigenvalue weighted by Gasteiger charge is 2.03. The van der Waals surface area contributed by atoms with Crippen LogP contribution in [-0.4, -0.2) is 11.7 Å². The molecule has 0 aromatic heterocycles. The highest BCUT2D eigenvalue weighted by atomic mass is 16.5. The molecule has 0 radical (unpaired) electrons. The number of benzene rings is 2. The number of aromatic hydroxyl groups is 1. The summed E-state index contributed by atoms with van der Waals surface area (Å²) in [5.74, 6) is 1.29. The smallest absolute Gasteiger partial charge is 0.121 e. The second kappa shape index (κ2) is 7.02. The molecule has 0 aliphatic rings. The summed E-state index contributed by atoms with van der Waals surface area (Å²) in [6.45, 7) is 7.42. The Labute approximate surface area is 126 Å². The van der Waals surface area contributed by atoms with Crippen LogP contribution in [0.4, 0.5) is 5.69 Å². The Morgan fingerprint density at radius 2 is 1.67 bits per heavy atom. The zero-order valence-electron chi connectivity index (χ0n) is 12.9. The predicted octanol–water partition coefficient (Wildman–Crippen LogP) is 4.41. The van der Waals surface area contributed by atoms with Gasteiger partial charge in [0.05, 0.1) is 6.61 Å². The molecule has 0 atom stereocenters. The second-order valence-corrected chi connectivity index (χ2v) is 5.30. The Balaban J connectivity index is 1.96. The first-order valence-corrected chi connectivity index (χ1v) is 7.36. The van der Waals surface area contributed by atoms with Gasteiger partial charge < -0.3 is 15.2 Å². The quantitative estimate of drug-likeness (QED) is 0.826. The van der Waals surface area contributed by atoms with Crippen molar-refractivity contribution in [2.24, 2.45) is 0 Å². The highest BCUT2D eigenvalue weighted by molar-refractivity contribution is 5.48. The van der Waals surface area contributed by atoms with Crippen LogP contribution in [0.5, 0.6) is 11.5 Å². The normalized spacial score (nSPS) is 10.4. The Bertz CT molecular complexity index is 568. The molecule has 2 rings (SSSR count). The van der Waals surface area contributed by atoms with Crippen molar-refractivity contribution in [3.05, 3.63) is 53.1 Å². The Kier molecular flexibility index (Phi) is 5.09. The minimum atomic E-state index is 0.385. The van der Waals surface area contributed by atoms with Gasteiger partial charge in [0.1, 0.15) is 11.5 Å². The number of ether oxygens (including phenoxy) is 1. The molecule has 112 valence electrons. The van der Waals surface area contributed by atoms with E-state index >= 15 is 0 Å². The first-order chi connectivity index (χ1) is 10.1. The fourth-order valence-corrected chi connectivity index (χ4v) is 2.24. The molecule has 0 saturated heterocycles.